The highest BCUT2D eigenvalue weighted by atomic mass is 32.1. The molecule has 0 aliphatic heterocycles. The molecule has 2 heterocycles. The van der Waals surface area contributed by atoms with Crippen molar-refractivity contribution in [2.45, 2.75) is 26.8 Å². The van der Waals surface area contributed by atoms with Gasteiger partial charge in [-0.1, -0.05) is 24.3 Å². The van der Waals surface area contributed by atoms with E-state index in [1.165, 1.54) is 11.3 Å². The van der Waals surface area contributed by atoms with Gasteiger partial charge in [0.2, 0.25) is 0 Å². The monoisotopic (exact) mass is 275 g/mol. The van der Waals surface area contributed by atoms with Gasteiger partial charge in [0.25, 0.3) is 0 Å². The summed E-state index contributed by atoms with van der Waals surface area (Å²) in [7, 11) is 0. The number of anilines is 1. The number of aryl methyl sites for hydroxylation is 1. The van der Waals surface area contributed by atoms with Crippen LogP contribution >= 0.6 is 11.3 Å². The summed E-state index contributed by atoms with van der Waals surface area (Å²) in [5, 5.41) is 0.895. The zero-order chi connectivity index (χ0) is 13.7. The minimum absolute atomic E-state index is 0.715. The van der Waals surface area contributed by atoms with Gasteiger partial charge in [0.1, 0.15) is 0 Å². The number of hydrogen-bond donors (Lipinski definition) is 0. The second-order valence-electron chi connectivity index (χ2n) is 4.11. The number of thiazole rings is 1. The molecule has 4 nitrogen and oxygen atoms in total. The molecule has 5 heteroatoms. The Morgan fingerprint density at radius 1 is 1.37 bits per heavy atom. The van der Waals surface area contributed by atoms with Gasteiger partial charge in [-0.2, -0.15) is 0 Å². The van der Waals surface area contributed by atoms with Crippen LogP contribution < -0.4 is 4.90 Å². The fourth-order valence-electron chi connectivity index (χ4n) is 1.83. The van der Waals surface area contributed by atoms with Crippen molar-refractivity contribution in [2.75, 3.05) is 11.4 Å². The van der Waals surface area contributed by atoms with Crippen molar-refractivity contribution in [2.24, 2.45) is 0 Å². The van der Waals surface area contributed by atoms with Crippen LogP contribution in [0.3, 0.4) is 0 Å². The number of pyridine rings is 1. The molecule has 2 rings (SSSR count). The minimum atomic E-state index is 0.715. The van der Waals surface area contributed by atoms with Crippen molar-refractivity contribution in [3.63, 3.8) is 0 Å². The van der Waals surface area contributed by atoms with Gasteiger partial charge in [-0.15, -0.1) is 0 Å². The molecule has 0 aliphatic carbocycles. The topological polar surface area (TPSA) is 46.1 Å². The van der Waals surface area contributed by atoms with Crippen LogP contribution in [-0.2, 0) is 13.0 Å². The standard InChI is InChI=1S/C14H17N3OS/c1-3-12-13(10-18)19-14(16-12)17(4-2)9-11-7-5-6-8-15-11/h5-8,10H,3-4,9H2,1-2H3. The normalized spacial score (nSPS) is 10.4. The molecule has 19 heavy (non-hydrogen) atoms. The molecule has 0 radical (unpaired) electrons. The molecular formula is C14H17N3OS. The third-order valence-electron chi connectivity index (χ3n) is 2.89. The lowest BCUT2D eigenvalue weighted by Crippen LogP contribution is -2.22. The first kappa shape index (κ1) is 13.7. The second kappa shape index (κ2) is 6.43. The number of carbonyl (C=O) groups excluding carboxylic acids is 1. The molecule has 2 aromatic heterocycles. The van der Waals surface area contributed by atoms with E-state index < -0.39 is 0 Å². The van der Waals surface area contributed by atoms with Gasteiger partial charge in [0.05, 0.1) is 22.8 Å². The Morgan fingerprint density at radius 3 is 2.74 bits per heavy atom. The van der Waals surface area contributed by atoms with E-state index in [-0.39, 0.29) is 0 Å². The lowest BCUT2D eigenvalue weighted by molar-refractivity contribution is 0.112. The third-order valence-corrected chi connectivity index (χ3v) is 3.97. The number of aldehydes is 1. The molecule has 0 amide bonds. The van der Waals surface area contributed by atoms with Crippen molar-refractivity contribution < 1.29 is 4.79 Å². The van der Waals surface area contributed by atoms with Gasteiger partial charge < -0.3 is 4.90 Å². The van der Waals surface area contributed by atoms with Crippen LogP contribution in [0.25, 0.3) is 0 Å². The molecule has 0 N–H and O–H groups in total. The Labute approximate surface area is 117 Å². The summed E-state index contributed by atoms with van der Waals surface area (Å²) < 4.78 is 0. The van der Waals surface area contributed by atoms with Gasteiger partial charge in [-0.25, -0.2) is 4.98 Å². The van der Waals surface area contributed by atoms with E-state index in [2.05, 4.69) is 21.8 Å². The maximum atomic E-state index is 11.0. The zero-order valence-corrected chi connectivity index (χ0v) is 12.0. The summed E-state index contributed by atoms with van der Waals surface area (Å²) in [5.74, 6) is 0. The first-order chi connectivity index (χ1) is 9.28. The zero-order valence-electron chi connectivity index (χ0n) is 11.2. The van der Waals surface area contributed by atoms with Crippen LogP contribution in [0.2, 0.25) is 0 Å². The van der Waals surface area contributed by atoms with Gasteiger partial charge in [0, 0.05) is 12.7 Å². The van der Waals surface area contributed by atoms with E-state index in [4.69, 9.17) is 0 Å². The Bertz CT molecular complexity index is 539. The van der Waals surface area contributed by atoms with Crippen LogP contribution in [0.1, 0.15) is 34.9 Å². The number of hydrogen-bond acceptors (Lipinski definition) is 5. The summed E-state index contributed by atoms with van der Waals surface area (Å²) in [5.41, 5.74) is 1.89. The summed E-state index contributed by atoms with van der Waals surface area (Å²) >= 11 is 1.45. The predicted octanol–water partition coefficient (Wildman–Crippen LogP) is 2.94. The number of aromatic nitrogens is 2. The fourth-order valence-corrected chi connectivity index (χ4v) is 2.86. The lowest BCUT2D eigenvalue weighted by atomic mass is 10.3. The van der Waals surface area contributed by atoms with Crippen LogP contribution in [-0.4, -0.2) is 22.8 Å². The molecule has 0 saturated carbocycles. The number of carbonyl (C=O) groups is 1. The van der Waals surface area contributed by atoms with Crippen LogP contribution in [0.4, 0.5) is 5.13 Å². The third kappa shape index (κ3) is 3.17. The van der Waals surface area contributed by atoms with Gasteiger partial charge in [-0.3, -0.25) is 9.78 Å². The summed E-state index contributed by atoms with van der Waals surface area (Å²) in [6.45, 7) is 5.65. The van der Waals surface area contributed by atoms with Crippen molar-refractivity contribution >= 4 is 22.8 Å². The van der Waals surface area contributed by atoms with Gasteiger partial charge in [-0.05, 0) is 25.5 Å². The van der Waals surface area contributed by atoms with E-state index in [1.54, 1.807) is 6.20 Å². The maximum absolute atomic E-state index is 11.0. The molecule has 100 valence electrons. The maximum Gasteiger partial charge on any atom is 0.186 e. The highest BCUT2D eigenvalue weighted by Crippen LogP contribution is 2.26. The first-order valence-electron chi connectivity index (χ1n) is 6.38. The molecule has 0 atom stereocenters. The largest absolute Gasteiger partial charge is 0.342 e. The summed E-state index contributed by atoms with van der Waals surface area (Å²) in [4.78, 5) is 22.8. The smallest absolute Gasteiger partial charge is 0.186 e. The van der Waals surface area contributed by atoms with Gasteiger partial charge in [0.15, 0.2) is 11.4 Å². The highest BCUT2D eigenvalue weighted by Gasteiger charge is 2.14. The predicted molar refractivity (Wildman–Crippen MR) is 77.8 cm³/mol. The van der Waals surface area contributed by atoms with E-state index in [1.807, 2.05) is 25.1 Å². The van der Waals surface area contributed by atoms with E-state index in [0.29, 0.717) is 6.54 Å². The minimum Gasteiger partial charge on any atom is -0.342 e. The van der Waals surface area contributed by atoms with Crippen molar-refractivity contribution in [3.05, 3.63) is 40.7 Å². The summed E-state index contributed by atoms with van der Waals surface area (Å²) in [6, 6.07) is 5.88. The molecule has 0 spiro atoms. The van der Waals surface area contributed by atoms with Crippen molar-refractivity contribution in [3.8, 4) is 0 Å². The molecule has 0 saturated heterocycles. The lowest BCUT2D eigenvalue weighted by Gasteiger charge is -2.19. The molecule has 0 unspecified atom stereocenters. The quantitative estimate of drug-likeness (QED) is 0.760. The fraction of sp³-hybridized carbons (Fsp3) is 0.357. The Morgan fingerprint density at radius 2 is 2.21 bits per heavy atom. The van der Waals surface area contributed by atoms with Crippen molar-refractivity contribution in [1.29, 1.82) is 0 Å². The second-order valence-corrected chi connectivity index (χ2v) is 5.12. The Hall–Kier alpha value is -1.75. The average Bonchev–Trinajstić information content (AvgIpc) is 2.89. The first-order valence-corrected chi connectivity index (χ1v) is 7.19. The molecule has 0 aromatic carbocycles. The van der Waals surface area contributed by atoms with Gasteiger partial charge >= 0.3 is 0 Å². The molecule has 0 fully saturated rings. The molecule has 0 aliphatic rings. The Balaban J connectivity index is 2.22. The molecular weight excluding hydrogens is 258 g/mol. The molecule has 0 bridgehead atoms. The van der Waals surface area contributed by atoms with Crippen LogP contribution in [0.15, 0.2) is 24.4 Å². The van der Waals surface area contributed by atoms with E-state index >= 15 is 0 Å². The van der Waals surface area contributed by atoms with E-state index in [9.17, 15) is 4.79 Å². The number of rotatable bonds is 6. The average molecular weight is 275 g/mol. The summed E-state index contributed by atoms with van der Waals surface area (Å²) in [6.07, 6.45) is 3.47. The van der Waals surface area contributed by atoms with Crippen LogP contribution in [0, 0.1) is 0 Å². The number of nitrogens with zero attached hydrogens (tertiary/aromatic N) is 3. The highest BCUT2D eigenvalue weighted by molar-refractivity contribution is 7.17. The van der Waals surface area contributed by atoms with E-state index in [0.717, 1.165) is 40.6 Å². The van der Waals surface area contributed by atoms with Crippen molar-refractivity contribution in [1.82, 2.24) is 9.97 Å². The SMILES string of the molecule is CCc1nc(N(CC)Cc2ccccn2)sc1C=O. The Kier molecular flexibility index (Phi) is 4.63. The molecule has 2 aromatic rings. The van der Waals surface area contributed by atoms with Crippen LogP contribution in [0.5, 0.6) is 0 Å².